The minimum atomic E-state index is 0.0123. The van der Waals surface area contributed by atoms with E-state index in [0.29, 0.717) is 5.75 Å². The van der Waals surface area contributed by atoms with Crippen molar-refractivity contribution in [3.8, 4) is 17.2 Å². The van der Waals surface area contributed by atoms with Gasteiger partial charge in [0, 0.05) is 12.1 Å². The van der Waals surface area contributed by atoms with Crippen LogP contribution in [0.5, 0.6) is 17.2 Å². The Morgan fingerprint density at radius 3 is 1.76 bits per heavy atom. The largest absolute Gasteiger partial charge is 0.496 e. The van der Waals surface area contributed by atoms with Gasteiger partial charge < -0.3 is 14.2 Å². The van der Waals surface area contributed by atoms with E-state index in [0.717, 1.165) is 17.1 Å². The zero-order chi connectivity index (χ0) is 13.0. The van der Waals surface area contributed by atoms with Gasteiger partial charge in [-0.15, -0.1) is 0 Å². The first-order chi connectivity index (χ1) is 8.04. The lowest BCUT2D eigenvalue weighted by atomic mass is 10.1. The molecule has 0 amide bonds. The molecule has 0 aromatic heterocycles. The molecule has 5 heteroatoms. The molecule has 1 aromatic rings. The van der Waals surface area contributed by atoms with Gasteiger partial charge in [-0.05, 0) is 14.1 Å². The third-order valence-corrected chi connectivity index (χ3v) is 3.72. The predicted octanol–water partition coefficient (Wildman–Crippen LogP) is 2.67. The van der Waals surface area contributed by atoms with E-state index in [9.17, 15) is 0 Å². The van der Waals surface area contributed by atoms with E-state index >= 15 is 0 Å². The maximum absolute atomic E-state index is 5.38. The standard InChI is InChI=1S/C12H18BrNO3/c1-14(2)12(13)11-9(16-4)6-8(15-3)7-10(11)17-5/h6-7,12H,1-5H3. The molecule has 1 unspecified atom stereocenters. The van der Waals surface area contributed by atoms with Crippen LogP contribution in [0.3, 0.4) is 0 Å². The average Bonchev–Trinajstić information content (AvgIpc) is 2.35. The van der Waals surface area contributed by atoms with Crippen LogP contribution in [0.15, 0.2) is 12.1 Å². The molecule has 0 saturated heterocycles. The van der Waals surface area contributed by atoms with E-state index < -0.39 is 0 Å². The molecule has 0 N–H and O–H groups in total. The van der Waals surface area contributed by atoms with E-state index in [-0.39, 0.29) is 4.95 Å². The zero-order valence-corrected chi connectivity index (χ0v) is 12.4. The second kappa shape index (κ2) is 6.12. The van der Waals surface area contributed by atoms with E-state index in [1.165, 1.54) is 0 Å². The average molecular weight is 304 g/mol. The fourth-order valence-electron chi connectivity index (χ4n) is 1.53. The highest BCUT2D eigenvalue weighted by atomic mass is 79.9. The summed E-state index contributed by atoms with van der Waals surface area (Å²) in [6, 6.07) is 3.69. The molecule has 0 radical (unpaired) electrons. The summed E-state index contributed by atoms with van der Waals surface area (Å²) in [5.41, 5.74) is 0.945. The number of halogens is 1. The quantitative estimate of drug-likeness (QED) is 0.618. The van der Waals surface area contributed by atoms with Crippen molar-refractivity contribution in [3.63, 3.8) is 0 Å². The number of alkyl halides is 1. The van der Waals surface area contributed by atoms with Crippen LogP contribution >= 0.6 is 15.9 Å². The van der Waals surface area contributed by atoms with Crippen LogP contribution < -0.4 is 14.2 Å². The van der Waals surface area contributed by atoms with Crippen LogP contribution in [0.1, 0.15) is 10.5 Å². The number of nitrogens with zero attached hydrogens (tertiary/aromatic N) is 1. The van der Waals surface area contributed by atoms with E-state index in [1.807, 2.05) is 31.1 Å². The highest BCUT2D eigenvalue weighted by molar-refractivity contribution is 9.09. The Morgan fingerprint density at radius 2 is 1.47 bits per heavy atom. The second-order valence-corrected chi connectivity index (χ2v) is 4.61. The molecular formula is C12H18BrNO3. The summed E-state index contributed by atoms with van der Waals surface area (Å²) >= 11 is 3.61. The summed E-state index contributed by atoms with van der Waals surface area (Å²) in [6.07, 6.45) is 0. The SMILES string of the molecule is COc1cc(OC)c(C(Br)N(C)C)c(OC)c1. The second-order valence-electron chi connectivity index (χ2n) is 3.75. The Balaban J connectivity index is 3.34. The van der Waals surface area contributed by atoms with Gasteiger partial charge in [0.25, 0.3) is 0 Å². The molecule has 1 atom stereocenters. The van der Waals surface area contributed by atoms with E-state index in [4.69, 9.17) is 14.2 Å². The van der Waals surface area contributed by atoms with Gasteiger partial charge in [-0.2, -0.15) is 0 Å². The van der Waals surface area contributed by atoms with Crippen LogP contribution in [-0.2, 0) is 0 Å². The summed E-state index contributed by atoms with van der Waals surface area (Å²) in [6.45, 7) is 0. The van der Waals surface area contributed by atoms with Crippen molar-refractivity contribution in [3.05, 3.63) is 17.7 Å². The Bertz CT molecular complexity index is 357. The highest BCUT2D eigenvalue weighted by Gasteiger charge is 2.21. The molecule has 0 bridgehead atoms. The number of rotatable bonds is 5. The van der Waals surface area contributed by atoms with E-state index in [2.05, 4.69) is 15.9 Å². The first-order valence-electron chi connectivity index (χ1n) is 5.15. The van der Waals surface area contributed by atoms with E-state index in [1.54, 1.807) is 21.3 Å². The molecular weight excluding hydrogens is 286 g/mol. The van der Waals surface area contributed by atoms with Crippen molar-refractivity contribution in [2.45, 2.75) is 4.95 Å². The van der Waals surface area contributed by atoms with Gasteiger partial charge in [0.2, 0.25) is 0 Å². The first-order valence-corrected chi connectivity index (χ1v) is 6.07. The van der Waals surface area contributed by atoms with Gasteiger partial charge in [-0.3, -0.25) is 4.90 Å². The summed E-state index contributed by atoms with van der Waals surface area (Å²) < 4.78 is 16.0. The number of ether oxygens (including phenoxy) is 3. The normalized spacial score (nSPS) is 12.4. The maximum Gasteiger partial charge on any atom is 0.131 e. The number of hydrogen-bond donors (Lipinski definition) is 0. The lowest BCUT2D eigenvalue weighted by Gasteiger charge is -2.23. The summed E-state index contributed by atoms with van der Waals surface area (Å²) in [5.74, 6) is 2.18. The van der Waals surface area contributed by atoms with Gasteiger partial charge in [-0.1, -0.05) is 15.9 Å². The first kappa shape index (κ1) is 14.1. The van der Waals surface area contributed by atoms with Crippen LogP contribution in [0, 0.1) is 0 Å². The Hall–Kier alpha value is -0.940. The van der Waals surface area contributed by atoms with Crippen LogP contribution in [0.2, 0.25) is 0 Å². The van der Waals surface area contributed by atoms with Crippen LogP contribution in [-0.4, -0.2) is 40.3 Å². The fourth-order valence-corrected chi connectivity index (χ4v) is 1.98. The van der Waals surface area contributed by atoms with Crippen molar-refractivity contribution in [2.24, 2.45) is 0 Å². The molecule has 0 fully saturated rings. The summed E-state index contributed by atoms with van der Waals surface area (Å²) in [5, 5.41) is 0. The maximum atomic E-state index is 5.38. The highest BCUT2D eigenvalue weighted by Crippen LogP contribution is 2.42. The Labute approximate surface area is 111 Å². The zero-order valence-electron chi connectivity index (χ0n) is 10.8. The molecule has 0 aliphatic rings. The third kappa shape index (κ3) is 3.04. The van der Waals surface area contributed by atoms with Crippen LogP contribution in [0.25, 0.3) is 0 Å². The molecule has 0 aliphatic heterocycles. The van der Waals surface area contributed by atoms with Crippen LogP contribution in [0.4, 0.5) is 0 Å². The minimum absolute atomic E-state index is 0.0123. The lowest BCUT2D eigenvalue weighted by Crippen LogP contribution is -2.16. The molecule has 0 aliphatic carbocycles. The molecule has 0 spiro atoms. The molecule has 0 heterocycles. The van der Waals surface area contributed by atoms with Crippen molar-refractivity contribution in [2.75, 3.05) is 35.4 Å². The smallest absolute Gasteiger partial charge is 0.131 e. The summed E-state index contributed by atoms with van der Waals surface area (Å²) in [4.78, 5) is 2.03. The molecule has 1 aromatic carbocycles. The Kier molecular flexibility index (Phi) is 5.08. The lowest BCUT2D eigenvalue weighted by molar-refractivity contribution is 0.339. The fraction of sp³-hybridized carbons (Fsp3) is 0.500. The van der Waals surface area contributed by atoms with Gasteiger partial charge in [0.05, 0.1) is 31.8 Å². The monoisotopic (exact) mass is 303 g/mol. The minimum Gasteiger partial charge on any atom is -0.496 e. The van der Waals surface area contributed by atoms with Gasteiger partial charge >= 0.3 is 0 Å². The summed E-state index contributed by atoms with van der Waals surface area (Å²) in [7, 11) is 8.83. The number of benzene rings is 1. The number of methoxy groups -OCH3 is 3. The molecule has 96 valence electrons. The van der Waals surface area contributed by atoms with Crippen molar-refractivity contribution >= 4 is 15.9 Å². The Morgan fingerprint density at radius 1 is 1.00 bits per heavy atom. The molecule has 4 nitrogen and oxygen atoms in total. The van der Waals surface area contributed by atoms with Gasteiger partial charge in [0.15, 0.2) is 0 Å². The van der Waals surface area contributed by atoms with Gasteiger partial charge in [0.1, 0.15) is 17.2 Å². The topological polar surface area (TPSA) is 30.9 Å². The van der Waals surface area contributed by atoms with Crippen molar-refractivity contribution < 1.29 is 14.2 Å². The predicted molar refractivity (Wildman–Crippen MR) is 71.5 cm³/mol. The van der Waals surface area contributed by atoms with Crippen molar-refractivity contribution in [1.82, 2.24) is 4.90 Å². The molecule has 17 heavy (non-hydrogen) atoms. The van der Waals surface area contributed by atoms with Gasteiger partial charge in [-0.25, -0.2) is 0 Å². The molecule has 0 saturated carbocycles. The molecule has 1 rings (SSSR count). The third-order valence-electron chi connectivity index (χ3n) is 2.44. The number of hydrogen-bond acceptors (Lipinski definition) is 4. The van der Waals surface area contributed by atoms with Crippen molar-refractivity contribution in [1.29, 1.82) is 0 Å².